The fraction of sp³-hybridized carbons (Fsp3) is 0.143. The molecule has 0 spiro atoms. The smallest absolute Gasteiger partial charge is 0.237 e. The minimum atomic E-state index is -0.226. The minimum Gasteiger partial charge on any atom is -0.504 e. The monoisotopic (exact) mass is 256 g/mol. The summed E-state index contributed by atoms with van der Waals surface area (Å²) in [6.07, 6.45) is 1.46. The number of nitriles is 1. The lowest BCUT2D eigenvalue weighted by Crippen LogP contribution is -1.81. The first-order valence-electron chi connectivity index (χ1n) is 5.59. The molecule has 96 valence electrons. The third-order valence-electron chi connectivity index (χ3n) is 2.81. The van der Waals surface area contributed by atoms with Crippen molar-refractivity contribution in [2.24, 2.45) is 4.99 Å². The van der Waals surface area contributed by atoms with Crippen molar-refractivity contribution in [2.45, 2.75) is 13.8 Å². The van der Waals surface area contributed by atoms with E-state index in [1.807, 2.05) is 6.07 Å². The van der Waals surface area contributed by atoms with Crippen molar-refractivity contribution in [3.63, 3.8) is 0 Å². The Hall–Kier alpha value is -2.74. The van der Waals surface area contributed by atoms with Crippen molar-refractivity contribution >= 4 is 12.1 Å². The fourth-order valence-corrected chi connectivity index (χ4v) is 1.59. The average Bonchev–Trinajstić information content (AvgIpc) is 2.66. The molecule has 2 aromatic rings. The Morgan fingerprint density at radius 2 is 2.00 bits per heavy atom. The van der Waals surface area contributed by atoms with Gasteiger partial charge in [0.05, 0.1) is 0 Å². The van der Waals surface area contributed by atoms with Crippen LogP contribution in [0.1, 0.15) is 22.5 Å². The lowest BCUT2D eigenvalue weighted by molar-refractivity contribution is 0.403. The lowest BCUT2D eigenvalue weighted by Gasteiger charge is -1.97. The normalized spacial score (nSPS) is 10.8. The molecule has 0 bridgehead atoms. The number of aromatic hydroxyl groups is 2. The van der Waals surface area contributed by atoms with Gasteiger partial charge in [-0.05, 0) is 37.6 Å². The van der Waals surface area contributed by atoms with Crippen LogP contribution in [0.2, 0.25) is 0 Å². The summed E-state index contributed by atoms with van der Waals surface area (Å²) in [7, 11) is 0. The van der Waals surface area contributed by atoms with Crippen molar-refractivity contribution < 1.29 is 14.6 Å². The third kappa shape index (κ3) is 2.43. The van der Waals surface area contributed by atoms with Gasteiger partial charge in [0.25, 0.3) is 0 Å². The summed E-state index contributed by atoms with van der Waals surface area (Å²) in [5.41, 5.74) is 1.76. The Morgan fingerprint density at radius 3 is 2.63 bits per heavy atom. The van der Waals surface area contributed by atoms with Crippen LogP contribution in [0.5, 0.6) is 11.5 Å². The van der Waals surface area contributed by atoms with Gasteiger partial charge in [-0.25, -0.2) is 4.99 Å². The predicted molar refractivity (Wildman–Crippen MR) is 69.9 cm³/mol. The zero-order valence-corrected chi connectivity index (χ0v) is 10.5. The molecule has 0 aliphatic carbocycles. The van der Waals surface area contributed by atoms with E-state index in [1.165, 1.54) is 18.3 Å². The molecule has 1 aromatic carbocycles. The third-order valence-corrected chi connectivity index (χ3v) is 2.81. The van der Waals surface area contributed by atoms with Crippen LogP contribution in [0.25, 0.3) is 0 Å². The van der Waals surface area contributed by atoms with E-state index in [1.54, 1.807) is 19.9 Å². The second-order valence-corrected chi connectivity index (χ2v) is 4.08. The zero-order chi connectivity index (χ0) is 14.0. The van der Waals surface area contributed by atoms with E-state index in [9.17, 15) is 10.2 Å². The van der Waals surface area contributed by atoms with Crippen LogP contribution < -0.4 is 0 Å². The molecule has 19 heavy (non-hydrogen) atoms. The van der Waals surface area contributed by atoms with Crippen molar-refractivity contribution in [3.05, 3.63) is 40.6 Å². The van der Waals surface area contributed by atoms with E-state index in [-0.39, 0.29) is 17.4 Å². The van der Waals surface area contributed by atoms with Gasteiger partial charge in [-0.2, -0.15) is 5.26 Å². The molecule has 0 saturated heterocycles. The first kappa shape index (κ1) is 12.7. The molecule has 0 atom stereocenters. The largest absolute Gasteiger partial charge is 0.504 e. The second-order valence-electron chi connectivity index (χ2n) is 4.08. The van der Waals surface area contributed by atoms with Crippen LogP contribution in [0.15, 0.2) is 27.6 Å². The molecular formula is C14H12N2O3. The van der Waals surface area contributed by atoms with E-state index in [2.05, 4.69) is 4.99 Å². The van der Waals surface area contributed by atoms with E-state index < -0.39 is 0 Å². The Bertz CT molecular complexity index is 693. The van der Waals surface area contributed by atoms with Crippen molar-refractivity contribution in [1.82, 2.24) is 0 Å². The van der Waals surface area contributed by atoms with Gasteiger partial charge in [0.2, 0.25) is 5.88 Å². The Kier molecular flexibility index (Phi) is 3.25. The van der Waals surface area contributed by atoms with Gasteiger partial charge >= 0.3 is 0 Å². The molecule has 2 rings (SSSR count). The highest BCUT2D eigenvalue weighted by molar-refractivity contribution is 5.83. The van der Waals surface area contributed by atoms with Gasteiger partial charge < -0.3 is 14.6 Å². The predicted octanol–water partition coefficient (Wildman–Crippen LogP) is 2.93. The van der Waals surface area contributed by atoms with Crippen LogP contribution in [0.4, 0.5) is 5.88 Å². The first-order valence-corrected chi connectivity index (χ1v) is 5.59. The summed E-state index contributed by atoms with van der Waals surface area (Å²) >= 11 is 0. The SMILES string of the molecule is Cc1oc(N=Cc2ccc(O)c(O)c2)c(C#N)c1C. The van der Waals surface area contributed by atoms with Gasteiger partial charge in [-0.15, -0.1) is 0 Å². The summed E-state index contributed by atoms with van der Waals surface area (Å²) in [6, 6.07) is 6.37. The van der Waals surface area contributed by atoms with Gasteiger partial charge in [0.1, 0.15) is 17.4 Å². The van der Waals surface area contributed by atoms with Crippen LogP contribution in [-0.4, -0.2) is 16.4 Å². The highest BCUT2D eigenvalue weighted by Gasteiger charge is 2.12. The number of aryl methyl sites for hydroxylation is 1. The van der Waals surface area contributed by atoms with Crippen LogP contribution >= 0.6 is 0 Å². The highest BCUT2D eigenvalue weighted by Crippen LogP contribution is 2.28. The summed E-state index contributed by atoms with van der Waals surface area (Å²) in [4.78, 5) is 4.09. The van der Waals surface area contributed by atoms with E-state index >= 15 is 0 Å². The molecule has 0 amide bonds. The number of rotatable bonds is 2. The minimum absolute atomic E-state index is 0.195. The maximum absolute atomic E-state index is 9.36. The summed E-state index contributed by atoms with van der Waals surface area (Å²) in [5.74, 6) is 0.470. The number of benzene rings is 1. The van der Waals surface area contributed by atoms with Gasteiger partial charge in [0, 0.05) is 11.8 Å². The summed E-state index contributed by atoms with van der Waals surface area (Å²) < 4.78 is 5.38. The number of furan rings is 1. The lowest BCUT2D eigenvalue weighted by atomic mass is 10.2. The Balaban J connectivity index is 2.35. The number of hydrogen-bond acceptors (Lipinski definition) is 5. The molecule has 0 unspecified atom stereocenters. The molecule has 1 heterocycles. The van der Waals surface area contributed by atoms with Crippen LogP contribution in [0.3, 0.4) is 0 Å². The molecule has 2 N–H and O–H groups in total. The molecule has 5 nitrogen and oxygen atoms in total. The average molecular weight is 256 g/mol. The quantitative estimate of drug-likeness (QED) is 0.638. The molecule has 0 saturated carbocycles. The zero-order valence-electron chi connectivity index (χ0n) is 10.5. The number of hydrogen-bond donors (Lipinski definition) is 2. The standard InChI is InChI=1S/C14H12N2O3/c1-8-9(2)19-14(11(8)6-15)16-7-10-3-4-12(17)13(18)5-10/h3-5,7,17-18H,1-2H3. The molecule has 5 heteroatoms. The topological polar surface area (TPSA) is 89.8 Å². The first-order chi connectivity index (χ1) is 9.02. The maximum Gasteiger partial charge on any atom is 0.237 e. The number of nitrogens with zero attached hydrogens (tertiary/aromatic N) is 2. The molecule has 0 aliphatic heterocycles. The molecule has 0 radical (unpaired) electrons. The molecule has 1 aromatic heterocycles. The van der Waals surface area contributed by atoms with E-state index in [0.717, 1.165) is 5.56 Å². The van der Waals surface area contributed by atoms with Crippen LogP contribution in [-0.2, 0) is 0 Å². The summed E-state index contributed by atoms with van der Waals surface area (Å²) in [6.45, 7) is 3.56. The Labute approximate surface area is 110 Å². The molecular weight excluding hydrogens is 244 g/mol. The van der Waals surface area contributed by atoms with Crippen molar-refractivity contribution in [2.75, 3.05) is 0 Å². The van der Waals surface area contributed by atoms with Gasteiger partial charge in [-0.3, -0.25) is 0 Å². The number of phenolic OH excluding ortho intramolecular Hbond substituents is 2. The van der Waals surface area contributed by atoms with Crippen molar-refractivity contribution in [3.8, 4) is 17.6 Å². The fourth-order valence-electron chi connectivity index (χ4n) is 1.59. The molecule has 0 fully saturated rings. The van der Waals surface area contributed by atoms with Crippen molar-refractivity contribution in [1.29, 1.82) is 5.26 Å². The van der Waals surface area contributed by atoms with Gasteiger partial charge in [-0.1, -0.05) is 0 Å². The number of phenols is 2. The second kappa shape index (κ2) is 4.86. The number of aliphatic imine (C=N–C) groups is 1. The Morgan fingerprint density at radius 1 is 1.26 bits per heavy atom. The van der Waals surface area contributed by atoms with E-state index in [0.29, 0.717) is 16.9 Å². The van der Waals surface area contributed by atoms with E-state index in [4.69, 9.17) is 9.68 Å². The summed E-state index contributed by atoms with van der Waals surface area (Å²) in [5, 5.41) is 27.6. The maximum atomic E-state index is 9.36. The molecule has 0 aliphatic rings. The van der Waals surface area contributed by atoms with Crippen LogP contribution in [0, 0.1) is 25.2 Å². The van der Waals surface area contributed by atoms with Gasteiger partial charge in [0.15, 0.2) is 11.5 Å². The highest BCUT2D eigenvalue weighted by atomic mass is 16.4.